The highest BCUT2D eigenvalue weighted by Crippen LogP contribution is 2.30. The lowest BCUT2D eigenvalue weighted by molar-refractivity contribution is 0.126. The Labute approximate surface area is 75.4 Å². The van der Waals surface area contributed by atoms with Crippen molar-refractivity contribution in [3.05, 3.63) is 0 Å². The molecule has 2 heteroatoms. The zero-order valence-corrected chi connectivity index (χ0v) is 8.21. The van der Waals surface area contributed by atoms with Gasteiger partial charge in [-0.25, -0.2) is 0 Å². The molecule has 0 heterocycles. The van der Waals surface area contributed by atoms with E-state index < -0.39 is 0 Å². The maximum absolute atomic E-state index is 9.17. The Bertz CT molecular complexity index is 127. The fourth-order valence-electron chi connectivity index (χ4n) is 2.31. The monoisotopic (exact) mass is 171 g/mol. The van der Waals surface area contributed by atoms with E-state index in [1.807, 2.05) is 7.05 Å². The third-order valence-corrected chi connectivity index (χ3v) is 3.27. The molecule has 2 N–H and O–H groups in total. The van der Waals surface area contributed by atoms with Gasteiger partial charge in [0.2, 0.25) is 0 Å². The first-order valence-electron chi connectivity index (χ1n) is 5.09. The second kappa shape index (κ2) is 4.83. The van der Waals surface area contributed by atoms with Crippen molar-refractivity contribution in [2.45, 2.75) is 38.6 Å². The molecule has 0 aliphatic heterocycles. The van der Waals surface area contributed by atoms with Crippen molar-refractivity contribution in [2.24, 2.45) is 11.8 Å². The summed E-state index contributed by atoms with van der Waals surface area (Å²) in [7, 11) is 2.00. The van der Waals surface area contributed by atoms with Crippen molar-refractivity contribution in [3.63, 3.8) is 0 Å². The van der Waals surface area contributed by atoms with Gasteiger partial charge in [0, 0.05) is 12.6 Å². The lowest BCUT2D eigenvalue weighted by Crippen LogP contribution is -2.40. The molecule has 3 atom stereocenters. The van der Waals surface area contributed by atoms with Gasteiger partial charge in [0.25, 0.3) is 0 Å². The summed E-state index contributed by atoms with van der Waals surface area (Å²) in [5.74, 6) is 1.35. The molecule has 1 saturated carbocycles. The van der Waals surface area contributed by atoms with E-state index in [0.717, 1.165) is 5.92 Å². The summed E-state index contributed by atoms with van der Waals surface area (Å²) in [5, 5.41) is 12.5. The summed E-state index contributed by atoms with van der Waals surface area (Å²) in [5.41, 5.74) is 0. The number of aliphatic hydroxyl groups is 1. The minimum atomic E-state index is 0.349. The van der Waals surface area contributed by atoms with Gasteiger partial charge in [-0.2, -0.15) is 0 Å². The molecule has 0 radical (unpaired) electrons. The Balaban J connectivity index is 2.41. The van der Waals surface area contributed by atoms with Gasteiger partial charge < -0.3 is 10.4 Å². The van der Waals surface area contributed by atoms with E-state index in [-0.39, 0.29) is 0 Å². The number of nitrogens with one attached hydrogen (secondary N) is 1. The molecule has 0 aromatic heterocycles. The zero-order chi connectivity index (χ0) is 8.97. The molecule has 0 bridgehead atoms. The van der Waals surface area contributed by atoms with Crippen LogP contribution >= 0.6 is 0 Å². The van der Waals surface area contributed by atoms with Gasteiger partial charge in [0.15, 0.2) is 0 Å². The highest BCUT2D eigenvalue weighted by molar-refractivity contribution is 4.82. The fourth-order valence-corrected chi connectivity index (χ4v) is 2.31. The standard InChI is InChI=1S/C10H21NO/c1-3-8-4-5-10(11-2)9(6-8)7-12/h8-12H,3-7H2,1-2H3. The molecular weight excluding hydrogens is 150 g/mol. The van der Waals surface area contributed by atoms with E-state index in [4.69, 9.17) is 5.11 Å². The second-order valence-electron chi connectivity index (χ2n) is 3.93. The van der Waals surface area contributed by atoms with Crippen molar-refractivity contribution in [1.29, 1.82) is 0 Å². The van der Waals surface area contributed by atoms with Gasteiger partial charge in [-0.1, -0.05) is 13.3 Å². The fraction of sp³-hybridized carbons (Fsp3) is 1.00. The van der Waals surface area contributed by atoms with Crippen LogP contribution in [0.15, 0.2) is 0 Å². The van der Waals surface area contributed by atoms with Crippen LogP contribution in [0.5, 0.6) is 0 Å². The van der Waals surface area contributed by atoms with Crippen LogP contribution in [0.2, 0.25) is 0 Å². The smallest absolute Gasteiger partial charge is 0.0474 e. The van der Waals surface area contributed by atoms with E-state index in [9.17, 15) is 0 Å². The molecule has 0 aromatic carbocycles. The predicted octanol–water partition coefficient (Wildman–Crippen LogP) is 1.39. The van der Waals surface area contributed by atoms with Crippen LogP contribution < -0.4 is 5.32 Å². The third-order valence-electron chi connectivity index (χ3n) is 3.27. The van der Waals surface area contributed by atoms with Gasteiger partial charge >= 0.3 is 0 Å². The summed E-state index contributed by atoms with van der Waals surface area (Å²) < 4.78 is 0. The summed E-state index contributed by atoms with van der Waals surface area (Å²) in [6.07, 6.45) is 5.05. The van der Waals surface area contributed by atoms with Crippen molar-refractivity contribution < 1.29 is 5.11 Å². The van der Waals surface area contributed by atoms with E-state index in [2.05, 4.69) is 12.2 Å². The molecule has 1 aliphatic carbocycles. The average molecular weight is 171 g/mol. The molecule has 1 fully saturated rings. The first-order chi connectivity index (χ1) is 5.81. The van der Waals surface area contributed by atoms with Gasteiger partial charge in [-0.05, 0) is 38.1 Å². The van der Waals surface area contributed by atoms with Crippen molar-refractivity contribution in [1.82, 2.24) is 5.32 Å². The molecule has 0 amide bonds. The molecule has 1 rings (SSSR count). The van der Waals surface area contributed by atoms with Gasteiger partial charge in [0.1, 0.15) is 0 Å². The highest BCUT2D eigenvalue weighted by atomic mass is 16.3. The van der Waals surface area contributed by atoms with Gasteiger partial charge in [-0.15, -0.1) is 0 Å². The van der Waals surface area contributed by atoms with Gasteiger partial charge in [-0.3, -0.25) is 0 Å². The first-order valence-corrected chi connectivity index (χ1v) is 5.09. The molecule has 12 heavy (non-hydrogen) atoms. The van der Waals surface area contributed by atoms with E-state index in [0.29, 0.717) is 18.6 Å². The topological polar surface area (TPSA) is 32.3 Å². The van der Waals surface area contributed by atoms with Crippen LogP contribution in [-0.2, 0) is 0 Å². The lowest BCUT2D eigenvalue weighted by Gasteiger charge is -2.34. The summed E-state index contributed by atoms with van der Waals surface area (Å²) >= 11 is 0. The second-order valence-corrected chi connectivity index (χ2v) is 3.93. The average Bonchev–Trinajstić information content (AvgIpc) is 2.16. The van der Waals surface area contributed by atoms with Crippen LogP contribution in [0, 0.1) is 11.8 Å². The van der Waals surface area contributed by atoms with Crippen molar-refractivity contribution in [3.8, 4) is 0 Å². The Morgan fingerprint density at radius 2 is 2.17 bits per heavy atom. The molecular formula is C10H21NO. The zero-order valence-electron chi connectivity index (χ0n) is 8.21. The number of rotatable bonds is 3. The normalized spacial score (nSPS) is 36.8. The Morgan fingerprint density at radius 3 is 2.67 bits per heavy atom. The summed E-state index contributed by atoms with van der Waals surface area (Å²) in [6.45, 7) is 2.60. The predicted molar refractivity (Wildman–Crippen MR) is 51.1 cm³/mol. The van der Waals surface area contributed by atoms with Crippen LogP contribution in [0.25, 0.3) is 0 Å². The highest BCUT2D eigenvalue weighted by Gasteiger charge is 2.27. The van der Waals surface area contributed by atoms with Crippen molar-refractivity contribution in [2.75, 3.05) is 13.7 Å². The number of hydrogen-bond acceptors (Lipinski definition) is 2. The maximum Gasteiger partial charge on any atom is 0.0474 e. The summed E-state index contributed by atoms with van der Waals surface area (Å²) in [6, 6.07) is 0.554. The van der Waals surface area contributed by atoms with E-state index >= 15 is 0 Å². The maximum atomic E-state index is 9.17. The molecule has 3 unspecified atom stereocenters. The molecule has 1 aliphatic rings. The van der Waals surface area contributed by atoms with Crippen LogP contribution in [0.1, 0.15) is 32.6 Å². The molecule has 0 aromatic rings. The van der Waals surface area contributed by atoms with Crippen molar-refractivity contribution >= 4 is 0 Å². The number of aliphatic hydroxyl groups excluding tert-OH is 1. The lowest BCUT2D eigenvalue weighted by atomic mass is 9.77. The SMILES string of the molecule is CCC1CCC(NC)C(CO)C1. The summed E-state index contributed by atoms with van der Waals surface area (Å²) in [4.78, 5) is 0. The van der Waals surface area contributed by atoms with Crippen LogP contribution in [0.4, 0.5) is 0 Å². The molecule has 0 saturated heterocycles. The minimum absolute atomic E-state index is 0.349. The molecule has 0 spiro atoms. The van der Waals surface area contributed by atoms with Crippen LogP contribution in [0.3, 0.4) is 0 Å². The quantitative estimate of drug-likeness (QED) is 0.672. The van der Waals surface area contributed by atoms with E-state index in [1.54, 1.807) is 0 Å². The molecule has 72 valence electrons. The molecule has 2 nitrogen and oxygen atoms in total. The largest absolute Gasteiger partial charge is 0.396 e. The first kappa shape index (κ1) is 10.0. The van der Waals surface area contributed by atoms with Gasteiger partial charge in [0.05, 0.1) is 0 Å². The van der Waals surface area contributed by atoms with Crippen LogP contribution in [-0.4, -0.2) is 24.8 Å². The Kier molecular flexibility index (Phi) is 4.02. The Hall–Kier alpha value is -0.0800. The Morgan fingerprint density at radius 1 is 1.42 bits per heavy atom. The third kappa shape index (κ3) is 2.20. The van der Waals surface area contributed by atoms with E-state index in [1.165, 1.54) is 25.7 Å². The number of hydrogen-bond donors (Lipinski definition) is 2. The minimum Gasteiger partial charge on any atom is -0.396 e.